The van der Waals surface area contributed by atoms with Crippen LogP contribution in [0.4, 0.5) is 0 Å². The summed E-state index contributed by atoms with van der Waals surface area (Å²) in [7, 11) is 0. The van der Waals surface area contributed by atoms with Gasteiger partial charge >= 0.3 is 0 Å². The lowest BCUT2D eigenvalue weighted by molar-refractivity contribution is 0.0300. The third-order valence-electron chi connectivity index (χ3n) is 0.544. The van der Waals surface area contributed by atoms with Gasteiger partial charge in [-0.3, -0.25) is 0 Å². The van der Waals surface area contributed by atoms with Crippen LogP contribution in [0.5, 0.6) is 0 Å². The highest BCUT2D eigenvalue weighted by molar-refractivity contribution is 4.40. The number of hydrogen-bond acceptors (Lipinski definition) is 1. The van der Waals surface area contributed by atoms with Crippen molar-refractivity contribution in [3.05, 3.63) is 0 Å². The summed E-state index contributed by atoms with van der Waals surface area (Å²) >= 11 is 0. The van der Waals surface area contributed by atoms with Gasteiger partial charge < -0.3 is 10.2 Å². The van der Waals surface area contributed by atoms with Crippen molar-refractivity contribution in [2.24, 2.45) is 0 Å². The van der Waals surface area contributed by atoms with E-state index in [0.29, 0.717) is 12.2 Å². The lowest BCUT2D eigenvalue weighted by Crippen LogP contribution is -2.09. The molecule has 0 saturated carbocycles. The molecule has 0 aliphatic rings. The predicted octanol–water partition coefficient (Wildman–Crippen LogP) is 0.995. The van der Waals surface area contributed by atoms with Crippen LogP contribution in [0, 0.1) is 0 Å². The van der Waals surface area contributed by atoms with E-state index >= 15 is 0 Å². The summed E-state index contributed by atoms with van der Waals surface area (Å²) in [5.74, 6) is 0. The Morgan fingerprint density at radius 1 is 0.875 bits per heavy atom. The van der Waals surface area contributed by atoms with Crippen molar-refractivity contribution < 1.29 is 10.2 Å². The zero-order valence-corrected chi connectivity index (χ0v) is 6.06. The molecule has 0 fully saturated rings. The maximum Gasteiger partial charge on any atom is 0.0522 e. The molecule has 0 bridgehead atoms. The molecule has 0 aromatic rings. The van der Waals surface area contributed by atoms with E-state index in [1.807, 2.05) is 27.7 Å². The van der Waals surface area contributed by atoms with Gasteiger partial charge in [0.25, 0.3) is 0 Å². The molecule has 0 radical (unpaired) electrons. The first kappa shape index (κ1) is 10.8. The van der Waals surface area contributed by atoms with Crippen LogP contribution in [-0.4, -0.2) is 17.7 Å². The summed E-state index contributed by atoms with van der Waals surface area (Å²) in [6.07, 6.45) is 0.750. The molecule has 2 N–H and O–H groups in total. The molecular weight excluding hydrogens is 104 g/mol. The van der Waals surface area contributed by atoms with Gasteiger partial charge in [0.15, 0.2) is 0 Å². The molecule has 0 aliphatic heterocycles. The monoisotopic (exact) mass is 120 g/mol. The van der Waals surface area contributed by atoms with Gasteiger partial charge in [0.2, 0.25) is 0 Å². The lowest BCUT2D eigenvalue weighted by Gasteiger charge is -2.09. The molecule has 0 saturated heterocycles. The van der Waals surface area contributed by atoms with E-state index in [2.05, 4.69) is 0 Å². The maximum absolute atomic E-state index is 5.25. The first-order valence-electron chi connectivity index (χ1n) is 2.78. The van der Waals surface area contributed by atoms with Gasteiger partial charge in [0.05, 0.1) is 12.2 Å². The number of hydrogen-bond donors (Lipinski definition) is 0. The summed E-state index contributed by atoms with van der Waals surface area (Å²) in [5.41, 5.74) is 0. The Balaban J connectivity index is 0. The van der Waals surface area contributed by atoms with Crippen molar-refractivity contribution in [2.45, 2.75) is 39.9 Å². The average Bonchev–Trinajstić information content (AvgIpc) is 1.27. The number of ether oxygens (including phenoxy) is 1. The summed E-state index contributed by atoms with van der Waals surface area (Å²) in [4.78, 5) is 0. The van der Waals surface area contributed by atoms with Gasteiger partial charge in [-0.15, -0.1) is 0 Å². The van der Waals surface area contributed by atoms with Crippen LogP contribution in [0.15, 0.2) is 0 Å². The van der Waals surface area contributed by atoms with Gasteiger partial charge in [-0.2, -0.15) is 0 Å². The lowest BCUT2D eigenvalue weighted by atomic mass is 10.4. The molecule has 0 amide bonds. The van der Waals surface area contributed by atoms with E-state index in [4.69, 9.17) is 4.74 Å². The summed E-state index contributed by atoms with van der Waals surface area (Å²) in [6.45, 7) is 8.17. The molecular formula is C6H16O2. The Labute approximate surface area is 51.2 Å². The minimum atomic E-state index is 0. The van der Waals surface area contributed by atoms with Crippen LogP contribution in [-0.2, 0) is 4.74 Å². The minimum Gasteiger partial charge on any atom is -0.412 e. The largest absolute Gasteiger partial charge is 0.412 e. The molecule has 2 heteroatoms. The van der Waals surface area contributed by atoms with E-state index in [1.54, 1.807) is 0 Å². The average molecular weight is 120 g/mol. The molecule has 0 rings (SSSR count). The molecule has 0 unspecified atom stereocenters. The maximum atomic E-state index is 5.25. The third kappa shape index (κ3) is 9.33. The molecule has 0 aromatic carbocycles. The van der Waals surface area contributed by atoms with Crippen molar-refractivity contribution in [1.82, 2.24) is 0 Å². The highest BCUT2D eigenvalue weighted by Gasteiger charge is 1.94. The summed E-state index contributed by atoms with van der Waals surface area (Å²) < 4.78 is 5.25. The smallest absolute Gasteiger partial charge is 0.0522 e. The van der Waals surface area contributed by atoms with Crippen LogP contribution < -0.4 is 0 Å². The third-order valence-corrected chi connectivity index (χ3v) is 0.544. The first-order valence-corrected chi connectivity index (χ1v) is 2.78. The quantitative estimate of drug-likeness (QED) is 0.535. The van der Waals surface area contributed by atoms with Gasteiger partial charge in [0, 0.05) is 0 Å². The topological polar surface area (TPSA) is 40.7 Å². The predicted molar refractivity (Wildman–Crippen MR) is 35.0 cm³/mol. The van der Waals surface area contributed by atoms with Crippen LogP contribution in [0.3, 0.4) is 0 Å². The Bertz CT molecular complexity index is 35.8. The van der Waals surface area contributed by atoms with Crippen molar-refractivity contribution >= 4 is 0 Å². The second-order valence-electron chi connectivity index (χ2n) is 2.23. The number of rotatable bonds is 2. The summed E-state index contributed by atoms with van der Waals surface area (Å²) in [5, 5.41) is 0. The van der Waals surface area contributed by atoms with Gasteiger partial charge in [-0.05, 0) is 27.7 Å². The van der Waals surface area contributed by atoms with Gasteiger partial charge in [-0.25, -0.2) is 0 Å². The minimum absolute atomic E-state index is 0. The molecule has 0 aromatic heterocycles. The molecule has 0 aliphatic carbocycles. The Morgan fingerprint density at radius 2 is 1.12 bits per heavy atom. The van der Waals surface area contributed by atoms with Crippen molar-refractivity contribution in [3.63, 3.8) is 0 Å². The zero-order valence-electron chi connectivity index (χ0n) is 6.06. The normalized spacial score (nSPS) is 9.75. The van der Waals surface area contributed by atoms with Crippen LogP contribution >= 0.6 is 0 Å². The fourth-order valence-electron chi connectivity index (χ4n) is 0.544. The van der Waals surface area contributed by atoms with E-state index in [0.717, 1.165) is 0 Å². The van der Waals surface area contributed by atoms with Crippen molar-refractivity contribution in [2.75, 3.05) is 0 Å². The summed E-state index contributed by atoms with van der Waals surface area (Å²) in [6, 6.07) is 0. The first-order chi connectivity index (χ1) is 3.13. The highest BCUT2D eigenvalue weighted by Crippen LogP contribution is 1.93. The van der Waals surface area contributed by atoms with Crippen LogP contribution in [0.25, 0.3) is 0 Å². The van der Waals surface area contributed by atoms with Gasteiger partial charge in [0.1, 0.15) is 0 Å². The molecule has 0 heterocycles. The molecule has 0 atom stereocenters. The Hall–Kier alpha value is -0.0800. The van der Waals surface area contributed by atoms with Gasteiger partial charge in [-0.1, -0.05) is 0 Å². The highest BCUT2D eigenvalue weighted by atomic mass is 16.5. The van der Waals surface area contributed by atoms with E-state index in [1.165, 1.54) is 0 Å². The van der Waals surface area contributed by atoms with Crippen molar-refractivity contribution in [3.8, 4) is 0 Å². The van der Waals surface area contributed by atoms with Crippen molar-refractivity contribution in [1.29, 1.82) is 0 Å². The van der Waals surface area contributed by atoms with E-state index in [-0.39, 0.29) is 5.48 Å². The van der Waals surface area contributed by atoms with Crippen LogP contribution in [0.1, 0.15) is 27.7 Å². The Morgan fingerprint density at radius 3 is 1.12 bits per heavy atom. The standard InChI is InChI=1S/C6H14O.H2O/c1-5(2)7-6(3)4;/h5-6H,1-4H3;1H2. The molecule has 52 valence electrons. The van der Waals surface area contributed by atoms with Crippen LogP contribution in [0.2, 0.25) is 0 Å². The second-order valence-corrected chi connectivity index (χ2v) is 2.23. The van der Waals surface area contributed by atoms with E-state index in [9.17, 15) is 0 Å². The second kappa shape index (κ2) is 5.06. The fraction of sp³-hybridized carbons (Fsp3) is 1.00. The Kier molecular flexibility index (Phi) is 6.85. The SMILES string of the molecule is CC(C)OC(C)C.O. The molecule has 0 spiro atoms. The molecule has 8 heavy (non-hydrogen) atoms. The molecule has 2 nitrogen and oxygen atoms in total. The van der Waals surface area contributed by atoms with E-state index < -0.39 is 0 Å². The zero-order chi connectivity index (χ0) is 5.86. The fourth-order valence-corrected chi connectivity index (χ4v) is 0.544.